The van der Waals surface area contributed by atoms with Gasteiger partial charge in [-0.05, 0) is 43.4 Å². The van der Waals surface area contributed by atoms with Crippen molar-refractivity contribution >= 4 is 60.7 Å². The Morgan fingerprint density at radius 3 is 2.64 bits per heavy atom. The molecule has 2 unspecified atom stereocenters. The number of fused-ring (bicyclic) bond motifs is 4. The molecule has 198 valence electrons. The van der Waals surface area contributed by atoms with E-state index in [-0.39, 0.29) is 66.3 Å². The van der Waals surface area contributed by atoms with Gasteiger partial charge in [0, 0.05) is 41.5 Å². The van der Waals surface area contributed by atoms with Crippen molar-refractivity contribution in [1.82, 2.24) is 15.3 Å². The number of nitrogens with two attached hydrogens (primary N) is 1. The second kappa shape index (κ2) is 8.98. The molecule has 2 aromatic heterocycles. The Morgan fingerprint density at radius 1 is 1.21 bits per heavy atom. The molecule has 0 radical (unpaired) electrons. The monoisotopic (exact) mass is 566 g/mol. The van der Waals surface area contributed by atoms with Crippen molar-refractivity contribution in [1.29, 1.82) is 5.26 Å². The van der Waals surface area contributed by atoms with Crippen LogP contribution in [-0.4, -0.2) is 47.2 Å². The number of ether oxygens (including phenoxy) is 1. The molecule has 0 spiro atoms. The molecule has 2 saturated heterocycles. The number of carbonyl (C=O) groups is 1. The summed E-state index contributed by atoms with van der Waals surface area (Å²) in [5.41, 5.74) is 6.09. The van der Waals surface area contributed by atoms with Crippen LogP contribution in [0.3, 0.4) is 0 Å². The third-order valence-electron chi connectivity index (χ3n) is 7.56. The fourth-order valence-electron chi connectivity index (χ4n) is 5.63. The minimum Gasteiger partial charge on any atom is -0.456 e. The Labute approximate surface area is 230 Å². The number of rotatable bonds is 4. The summed E-state index contributed by atoms with van der Waals surface area (Å²) in [5, 5.41) is 14.0. The van der Waals surface area contributed by atoms with Gasteiger partial charge >= 0.3 is 5.97 Å². The summed E-state index contributed by atoms with van der Waals surface area (Å²) >= 11 is 7.64. The van der Waals surface area contributed by atoms with Crippen LogP contribution in [0.4, 0.5) is 19.6 Å². The van der Waals surface area contributed by atoms with E-state index in [1.807, 2.05) is 11.0 Å². The molecule has 2 atom stereocenters. The van der Waals surface area contributed by atoms with Crippen LogP contribution in [-0.2, 0) is 4.74 Å². The number of piperazine rings is 1. The van der Waals surface area contributed by atoms with E-state index in [4.69, 9.17) is 22.1 Å². The zero-order valence-corrected chi connectivity index (χ0v) is 22.0. The van der Waals surface area contributed by atoms with E-state index in [0.29, 0.717) is 24.3 Å². The first-order valence-corrected chi connectivity index (χ1v) is 13.8. The normalized spacial score (nSPS) is 20.5. The SMILES string of the molecule is N#Cc1c(N)sc2c(F)ccc(-c3c(Cl)cc4c(N5CC6CCC(C5)N6)nc(C(=O)OC5CC5)nc4c3F)c12. The third-order valence-corrected chi connectivity index (χ3v) is 8.88. The quantitative estimate of drug-likeness (QED) is 0.325. The first-order valence-electron chi connectivity index (χ1n) is 12.6. The van der Waals surface area contributed by atoms with Crippen LogP contribution in [0.15, 0.2) is 18.2 Å². The molecule has 0 amide bonds. The highest BCUT2D eigenvalue weighted by atomic mass is 35.5. The van der Waals surface area contributed by atoms with Gasteiger partial charge < -0.3 is 20.7 Å². The van der Waals surface area contributed by atoms with Gasteiger partial charge in [-0.2, -0.15) is 5.26 Å². The maximum atomic E-state index is 16.6. The molecule has 3 aliphatic rings. The average Bonchev–Trinajstić information content (AvgIpc) is 3.57. The number of nitrogen functional groups attached to an aromatic ring is 1. The van der Waals surface area contributed by atoms with Crippen LogP contribution in [0.2, 0.25) is 5.02 Å². The molecule has 4 aromatic rings. The lowest BCUT2D eigenvalue weighted by Crippen LogP contribution is -2.51. The molecule has 1 saturated carbocycles. The summed E-state index contributed by atoms with van der Waals surface area (Å²) in [4.78, 5) is 23.8. The zero-order valence-electron chi connectivity index (χ0n) is 20.4. The highest BCUT2D eigenvalue weighted by Crippen LogP contribution is 2.45. The Balaban J connectivity index is 1.47. The number of benzene rings is 2. The Hall–Kier alpha value is -3.59. The van der Waals surface area contributed by atoms with Crippen molar-refractivity contribution in [3.63, 3.8) is 0 Å². The summed E-state index contributed by atoms with van der Waals surface area (Å²) in [7, 11) is 0. The van der Waals surface area contributed by atoms with E-state index in [1.54, 1.807) is 6.07 Å². The van der Waals surface area contributed by atoms with Gasteiger partial charge in [0.25, 0.3) is 0 Å². The van der Waals surface area contributed by atoms with Gasteiger partial charge in [-0.1, -0.05) is 17.7 Å². The third kappa shape index (κ3) is 3.97. The fourth-order valence-corrected chi connectivity index (χ4v) is 6.87. The van der Waals surface area contributed by atoms with Crippen LogP contribution in [0, 0.1) is 23.0 Å². The van der Waals surface area contributed by atoms with E-state index < -0.39 is 17.6 Å². The maximum absolute atomic E-state index is 16.6. The number of thiophene rings is 1. The second-order valence-corrected chi connectivity index (χ2v) is 11.7. The van der Waals surface area contributed by atoms with Crippen LogP contribution >= 0.6 is 22.9 Å². The number of nitriles is 1. The molecular weight excluding hydrogens is 546 g/mol. The summed E-state index contributed by atoms with van der Waals surface area (Å²) in [6.45, 7) is 1.28. The largest absolute Gasteiger partial charge is 0.456 e. The first-order chi connectivity index (χ1) is 18.8. The lowest BCUT2D eigenvalue weighted by atomic mass is 9.97. The van der Waals surface area contributed by atoms with Gasteiger partial charge in [-0.25, -0.2) is 23.5 Å². The van der Waals surface area contributed by atoms with Crippen LogP contribution < -0.4 is 16.0 Å². The van der Waals surface area contributed by atoms with Gasteiger partial charge in [0.05, 0.1) is 15.3 Å². The molecule has 4 heterocycles. The van der Waals surface area contributed by atoms with Crippen LogP contribution in [0.1, 0.15) is 41.9 Å². The van der Waals surface area contributed by atoms with E-state index in [9.17, 15) is 14.4 Å². The molecule has 2 aliphatic heterocycles. The highest BCUT2D eigenvalue weighted by Gasteiger charge is 2.35. The predicted octanol–water partition coefficient (Wildman–Crippen LogP) is 5.16. The number of halogens is 3. The number of nitrogens with zero attached hydrogens (tertiary/aromatic N) is 4. The van der Waals surface area contributed by atoms with Gasteiger partial charge in [-0.15, -0.1) is 11.3 Å². The smallest absolute Gasteiger partial charge is 0.376 e. The molecule has 12 heteroatoms. The molecule has 39 heavy (non-hydrogen) atoms. The molecule has 7 rings (SSSR count). The molecule has 3 N–H and O–H groups in total. The summed E-state index contributed by atoms with van der Waals surface area (Å²) in [5.74, 6) is -1.91. The van der Waals surface area contributed by atoms with Crippen molar-refractivity contribution in [2.45, 2.75) is 43.9 Å². The number of esters is 1. The lowest BCUT2D eigenvalue weighted by Gasteiger charge is -2.34. The Kier molecular flexibility index (Phi) is 5.63. The number of hydrogen-bond donors (Lipinski definition) is 2. The molecule has 2 aromatic carbocycles. The fraction of sp³-hybridized carbons (Fsp3) is 0.333. The van der Waals surface area contributed by atoms with E-state index >= 15 is 4.39 Å². The second-order valence-electron chi connectivity index (χ2n) is 10.2. The zero-order chi connectivity index (χ0) is 27.0. The number of anilines is 2. The average molecular weight is 567 g/mol. The number of nitrogens with one attached hydrogen (secondary N) is 1. The van der Waals surface area contributed by atoms with Crippen molar-refractivity contribution in [2.24, 2.45) is 0 Å². The van der Waals surface area contributed by atoms with Crippen LogP contribution in [0.5, 0.6) is 0 Å². The van der Waals surface area contributed by atoms with E-state index in [0.717, 1.165) is 37.0 Å². The molecule has 2 bridgehead atoms. The van der Waals surface area contributed by atoms with E-state index in [1.165, 1.54) is 12.1 Å². The van der Waals surface area contributed by atoms with Crippen molar-refractivity contribution < 1.29 is 18.3 Å². The predicted molar refractivity (Wildman–Crippen MR) is 145 cm³/mol. The summed E-state index contributed by atoms with van der Waals surface area (Å²) in [6, 6.07) is 6.66. The van der Waals surface area contributed by atoms with Gasteiger partial charge in [0.15, 0.2) is 5.82 Å². The maximum Gasteiger partial charge on any atom is 0.376 e. The minimum atomic E-state index is -0.804. The standard InChI is InChI=1S/C27H21ClF2N6O2S/c28-17-7-15-22(21(30)20(17)14-5-6-18(29)23-19(14)16(8-31)24(32)39-23)34-25(27(37)38-13-3-4-13)35-26(15)36-9-11-1-2-12(10-36)33-11/h5-7,11-13,33H,1-4,9-10,32H2. The topological polar surface area (TPSA) is 117 Å². The highest BCUT2D eigenvalue weighted by molar-refractivity contribution is 7.23. The number of aromatic nitrogens is 2. The van der Waals surface area contributed by atoms with Crippen molar-refractivity contribution in [2.75, 3.05) is 23.7 Å². The van der Waals surface area contributed by atoms with E-state index in [2.05, 4.69) is 15.3 Å². The van der Waals surface area contributed by atoms with Gasteiger partial charge in [0.1, 0.15) is 34.3 Å². The Bertz CT molecular complexity index is 1740. The lowest BCUT2D eigenvalue weighted by molar-refractivity contribution is 0.0458. The first kappa shape index (κ1) is 24.5. The molecule has 3 fully saturated rings. The Morgan fingerprint density at radius 2 is 1.95 bits per heavy atom. The van der Waals surface area contributed by atoms with Gasteiger partial charge in [0.2, 0.25) is 5.82 Å². The summed E-state index contributed by atoms with van der Waals surface area (Å²) in [6.07, 6.45) is 3.40. The minimum absolute atomic E-state index is 0.0397. The molecular formula is C27H21ClF2N6O2S. The van der Waals surface area contributed by atoms with Gasteiger partial charge in [-0.3, -0.25) is 0 Å². The van der Waals surface area contributed by atoms with Crippen molar-refractivity contribution in [3.8, 4) is 17.2 Å². The van der Waals surface area contributed by atoms with Crippen molar-refractivity contribution in [3.05, 3.63) is 46.2 Å². The molecule has 8 nitrogen and oxygen atoms in total. The number of hydrogen-bond acceptors (Lipinski definition) is 9. The molecule has 1 aliphatic carbocycles. The number of carbonyl (C=O) groups excluding carboxylic acids is 1. The summed E-state index contributed by atoms with van der Waals surface area (Å²) < 4.78 is 36.8. The van der Waals surface area contributed by atoms with Crippen LogP contribution in [0.25, 0.3) is 32.1 Å².